The van der Waals surface area contributed by atoms with Crippen molar-refractivity contribution < 1.29 is 4.79 Å². The third-order valence-electron chi connectivity index (χ3n) is 2.85. The van der Waals surface area contributed by atoms with Crippen LogP contribution in [0, 0.1) is 11.3 Å². The molecule has 0 aromatic carbocycles. The van der Waals surface area contributed by atoms with Crippen LogP contribution in [0.25, 0.3) is 0 Å². The van der Waals surface area contributed by atoms with Gasteiger partial charge in [0.25, 0.3) is 0 Å². The van der Waals surface area contributed by atoms with Crippen molar-refractivity contribution in [2.75, 3.05) is 26.5 Å². The van der Waals surface area contributed by atoms with Crippen LogP contribution in [-0.4, -0.2) is 43.4 Å². The number of nitrogens with one attached hydrogen (secondary N) is 1. The van der Waals surface area contributed by atoms with E-state index in [-0.39, 0.29) is 5.91 Å². The third kappa shape index (κ3) is 4.71. The molecule has 4 heteroatoms. The highest BCUT2D eigenvalue weighted by molar-refractivity contribution is 6.19. The van der Waals surface area contributed by atoms with Crippen molar-refractivity contribution in [1.82, 2.24) is 10.2 Å². The van der Waals surface area contributed by atoms with Gasteiger partial charge in [-0.3, -0.25) is 4.79 Å². The quantitative estimate of drug-likeness (QED) is 0.729. The first-order valence-electron chi connectivity index (χ1n) is 5.73. The molecular weight excluding hydrogens is 224 g/mol. The number of hydrogen-bond acceptors (Lipinski definition) is 2. The molecule has 1 atom stereocenters. The number of carbonyl (C=O) groups excluding carboxylic acids is 1. The summed E-state index contributed by atoms with van der Waals surface area (Å²) in [6.45, 7) is 8.70. The van der Waals surface area contributed by atoms with Gasteiger partial charge >= 0.3 is 0 Å². The van der Waals surface area contributed by atoms with E-state index in [0.29, 0.717) is 24.4 Å². The number of likely N-dealkylation sites (N-methyl/N-ethyl adjacent to an activating group) is 1. The first kappa shape index (κ1) is 15.7. The molecule has 0 rings (SSSR count). The molecule has 1 amide bonds. The minimum absolute atomic E-state index is 0.0231. The number of alkyl halides is 1. The molecule has 0 heterocycles. The summed E-state index contributed by atoms with van der Waals surface area (Å²) in [4.78, 5) is 14.0. The van der Waals surface area contributed by atoms with Crippen molar-refractivity contribution in [3.05, 3.63) is 0 Å². The Morgan fingerprint density at radius 1 is 1.38 bits per heavy atom. The number of amides is 1. The monoisotopic (exact) mass is 248 g/mol. The van der Waals surface area contributed by atoms with Gasteiger partial charge in [-0.1, -0.05) is 13.8 Å². The highest BCUT2D eigenvalue weighted by Crippen LogP contribution is 2.17. The van der Waals surface area contributed by atoms with Crippen molar-refractivity contribution in [3.8, 4) is 0 Å². The molecule has 0 aromatic rings. The minimum atomic E-state index is -0.491. The third-order valence-corrected chi connectivity index (χ3v) is 3.52. The normalized spacial score (nSPS) is 14.3. The Labute approximate surface area is 105 Å². The lowest BCUT2D eigenvalue weighted by Crippen LogP contribution is -2.47. The van der Waals surface area contributed by atoms with E-state index < -0.39 is 5.41 Å². The van der Waals surface area contributed by atoms with Gasteiger partial charge in [0.05, 0.1) is 5.41 Å². The molecule has 0 radical (unpaired) electrons. The Kier molecular flexibility index (Phi) is 6.34. The van der Waals surface area contributed by atoms with E-state index in [2.05, 4.69) is 24.1 Å². The first-order valence-corrected chi connectivity index (χ1v) is 6.26. The van der Waals surface area contributed by atoms with Crippen molar-refractivity contribution >= 4 is 17.5 Å². The van der Waals surface area contributed by atoms with Gasteiger partial charge in [-0.05, 0) is 33.9 Å². The SMILES string of the molecule is CC(C)C(CNC(=O)C(C)(C)CCl)N(C)C. The number of carbonyl (C=O) groups is 1. The van der Waals surface area contributed by atoms with Crippen molar-refractivity contribution in [2.24, 2.45) is 11.3 Å². The largest absolute Gasteiger partial charge is 0.354 e. The molecule has 1 unspecified atom stereocenters. The summed E-state index contributed by atoms with van der Waals surface area (Å²) < 4.78 is 0. The van der Waals surface area contributed by atoms with Crippen LogP contribution in [0.15, 0.2) is 0 Å². The van der Waals surface area contributed by atoms with Crippen LogP contribution in [-0.2, 0) is 4.79 Å². The topological polar surface area (TPSA) is 32.3 Å². The smallest absolute Gasteiger partial charge is 0.226 e. The fourth-order valence-corrected chi connectivity index (χ4v) is 1.63. The van der Waals surface area contributed by atoms with E-state index in [4.69, 9.17) is 11.6 Å². The maximum atomic E-state index is 11.8. The van der Waals surface area contributed by atoms with E-state index in [9.17, 15) is 4.79 Å². The minimum Gasteiger partial charge on any atom is -0.354 e. The number of nitrogens with zero attached hydrogens (tertiary/aromatic N) is 1. The lowest BCUT2D eigenvalue weighted by Gasteiger charge is -2.30. The zero-order valence-corrected chi connectivity index (χ0v) is 12.1. The van der Waals surface area contributed by atoms with E-state index in [0.717, 1.165) is 0 Å². The number of halogens is 1. The van der Waals surface area contributed by atoms with Gasteiger partial charge in [0.1, 0.15) is 0 Å². The van der Waals surface area contributed by atoms with E-state index in [1.807, 2.05) is 27.9 Å². The molecule has 0 saturated heterocycles. The van der Waals surface area contributed by atoms with Crippen molar-refractivity contribution in [2.45, 2.75) is 33.7 Å². The van der Waals surface area contributed by atoms with Crippen LogP contribution in [0.3, 0.4) is 0 Å². The van der Waals surface area contributed by atoms with Crippen LogP contribution in [0.5, 0.6) is 0 Å². The lowest BCUT2D eigenvalue weighted by molar-refractivity contribution is -0.128. The molecule has 96 valence electrons. The summed E-state index contributed by atoms with van der Waals surface area (Å²) in [7, 11) is 4.06. The van der Waals surface area contributed by atoms with Gasteiger partial charge in [0, 0.05) is 18.5 Å². The van der Waals surface area contributed by atoms with E-state index in [1.54, 1.807) is 0 Å². The molecule has 0 aliphatic heterocycles. The van der Waals surface area contributed by atoms with Gasteiger partial charge in [-0.2, -0.15) is 0 Å². The molecule has 3 nitrogen and oxygen atoms in total. The standard InChI is InChI=1S/C12H25ClN2O/c1-9(2)10(15(5)6)7-14-11(16)12(3,4)8-13/h9-10H,7-8H2,1-6H3,(H,14,16). The molecule has 1 N–H and O–H groups in total. The molecule has 0 spiro atoms. The van der Waals surface area contributed by atoms with Gasteiger partial charge in [0.15, 0.2) is 0 Å². The second-order valence-corrected chi connectivity index (χ2v) is 5.77. The van der Waals surface area contributed by atoms with Crippen LogP contribution >= 0.6 is 11.6 Å². The Bertz CT molecular complexity index is 219. The Balaban J connectivity index is 4.27. The zero-order chi connectivity index (χ0) is 12.9. The molecule has 0 bridgehead atoms. The average molecular weight is 249 g/mol. The summed E-state index contributed by atoms with van der Waals surface area (Å²) in [5.74, 6) is 0.872. The molecule has 0 aromatic heterocycles. The Morgan fingerprint density at radius 2 is 1.88 bits per heavy atom. The highest BCUT2D eigenvalue weighted by Gasteiger charge is 2.27. The zero-order valence-electron chi connectivity index (χ0n) is 11.3. The first-order chi connectivity index (χ1) is 7.22. The molecule has 0 aliphatic carbocycles. The maximum Gasteiger partial charge on any atom is 0.226 e. The fourth-order valence-electron chi connectivity index (χ4n) is 1.51. The fraction of sp³-hybridized carbons (Fsp3) is 0.917. The molecular formula is C12H25ClN2O. The predicted octanol–water partition coefficient (Wildman–Crippen LogP) is 1.95. The lowest BCUT2D eigenvalue weighted by atomic mass is 9.94. The summed E-state index contributed by atoms with van der Waals surface area (Å²) in [6, 6.07) is 0.357. The van der Waals surface area contributed by atoms with Gasteiger partial charge < -0.3 is 10.2 Å². The summed E-state index contributed by atoms with van der Waals surface area (Å²) >= 11 is 5.76. The van der Waals surface area contributed by atoms with Gasteiger partial charge in [-0.15, -0.1) is 11.6 Å². The van der Waals surface area contributed by atoms with Crippen LogP contribution in [0.2, 0.25) is 0 Å². The molecule has 0 aliphatic rings. The van der Waals surface area contributed by atoms with Crippen LogP contribution < -0.4 is 5.32 Å². The molecule has 0 fully saturated rings. The van der Waals surface area contributed by atoms with Crippen molar-refractivity contribution in [3.63, 3.8) is 0 Å². The van der Waals surface area contributed by atoms with Crippen LogP contribution in [0.1, 0.15) is 27.7 Å². The molecule has 0 saturated carbocycles. The van der Waals surface area contributed by atoms with E-state index in [1.165, 1.54) is 0 Å². The Morgan fingerprint density at radius 3 is 2.19 bits per heavy atom. The van der Waals surface area contributed by atoms with Gasteiger partial charge in [0.2, 0.25) is 5.91 Å². The Hall–Kier alpha value is -0.280. The summed E-state index contributed by atoms with van der Waals surface area (Å²) in [6.07, 6.45) is 0. The van der Waals surface area contributed by atoms with E-state index >= 15 is 0 Å². The second-order valence-electron chi connectivity index (χ2n) is 5.50. The number of hydrogen-bond donors (Lipinski definition) is 1. The molecule has 16 heavy (non-hydrogen) atoms. The van der Waals surface area contributed by atoms with Gasteiger partial charge in [-0.25, -0.2) is 0 Å². The average Bonchev–Trinajstić information content (AvgIpc) is 2.16. The van der Waals surface area contributed by atoms with Crippen LogP contribution in [0.4, 0.5) is 0 Å². The second kappa shape index (κ2) is 6.45. The summed E-state index contributed by atoms with van der Waals surface area (Å²) in [5.41, 5.74) is -0.491. The highest BCUT2D eigenvalue weighted by atomic mass is 35.5. The maximum absolute atomic E-state index is 11.8. The van der Waals surface area contributed by atoms with Crippen molar-refractivity contribution in [1.29, 1.82) is 0 Å². The summed E-state index contributed by atoms with van der Waals surface area (Å²) in [5, 5.41) is 2.97. The predicted molar refractivity (Wildman–Crippen MR) is 69.8 cm³/mol. The number of rotatable bonds is 6.